The number of ether oxygens (including phenoxy) is 1. The van der Waals surface area contributed by atoms with Gasteiger partial charge in [0.25, 0.3) is 0 Å². The van der Waals surface area contributed by atoms with Crippen LogP contribution in [0.15, 0.2) is 17.5 Å². The van der Waals surface area contributed by atoms with Crippen molar-refractivity contribution in [2.24, 2.45) is 0 Å². The zero-order chi connectivity index (χ0) is 7.68. The predicted octanol–water partition coefficient (Wildman–Crippen LogP) is 3.36. The maximum atomic E-state index is 5.37. The highest BCUT2D eigenvalue weighted by atomic mass is 32.1. The van der Waals surface area contributed by atoms with Crippen molar-refractivity contribution < 1.29 is 4.74 Å². The molecule has 1 nitrogen and oxygen atoms in total. The highest BCUT2D eigenvalue weighted by Crippen LogP contribution is 2.34. The minimum absolute atomic E-state index is 0.758. The molecule has 0 aliphatic heterocycles. The van der Waals surface area contributed by atoms with Crippen molar-refractivity contribution in [2.45, 2.75) is 6.92 Å². The Morgan fingerprint density at radius 2 is 2.36 bits per heavy atom. The van der Waals surface area contributed by atoms with Crippen LogP contribution in [-0.2, 0) is 0 Å². The van der Waals surface area contributed by atoms with E-state index in [4.69, 9.17) is 4.74 Å². The third-order valence-corrected chi connectivity index (χ3v) is 3.41. The zero-order valence-electron chi connectivity index (χ0n) is 6.16. The van der Waals surface area contributed by atoms with E-state index in [0.717, 1.165) is 11.7 Å². The Labute approximate surface area is 73.2 Å². The lowest BCUT2D eigenvalue weighted by molar-refractivity contribution is 0.350. The van der Waals surface area contributed by atoms with Gasteiger partial charge in [-0.15, -0.1) is 11.3 Å². The van der Waals surface area contributed by atoms with Crippen molar-refractivity contribution in [2.75, 3.05) is 6.61 Å². The molecule has 0 atom stereocenters. The van der Waals surface area contributed by atoms with Crippen LogP contribution in [0.25, 0.3) is 9.40 Å². The average molecular weight is 184 g/mol. The molecule has 0 fully saturated rings. The molecule has 0 bridgehead atoms. The largest absolute Gasteiger partial charge is 0.484 e. The Bertz CT molecular complexity index is 319. The first-order chi connectivity index (χ1) is 5.40. The van der Waals surface area contributed by atoms with E-state index in [1.165, 1.54) is 9.40 Å². The summed E-state index contributed by atoms with van der Waals surface area (Å²) >= 11 is 3.48. The standard InChI is InChI=1S/C8H8OS2/c1-2-9-8-5-7-6(11-8)3-4-10-7/h3-5H,2H2,1H3. The summed E-state index contributed by atoms with van der Waals surface area (Å²) in [5, 5.41) is 3.14. The molecule has 2 heterocycles. The van der Waals surface area contributed by atoms with Crippen LogP contribution in [0.2, 0.25) is 0 Å². The third-order valence-electron chi connectivity index (χ3n) is 1.40. The summed E-state index contributed by atoms with van der Waals surface area (Å²) in [6, 6.07) is 4.24. The molecule has 2 aromatic rings. The zero-order valence-corrected chi connectivity index (χ0v) is 7.80. The second-order valence-corrected chi connectivity index (χ2v) is 4.14. The summed E-state index contributed by atoms with van der Waals surface area (Å²) in [5.74, 6) is 0. The van der Waals surface area contributed by atoms with Gasteiger partial charge in [-0.1, -0.05) is 11.3 Å². The van der Waals surface area contributed by atoms with Crippen LogP contribution in [0, 0.1) is 0 Å². The van der Waals surface area contributed by atoms with Crippen LogP contribution >= 0.6 is 22.7 Å². The van der Waals surface area contributed by atoms with Gasteiger partial charge in [-0.25, -0.2) is 0 Å². The summed E-state index contributed by atoms with van der Waals surface area (Å²) in [7, 11) is 0. The fourth-order valence-electron chi connectivity index (χ4n) is 0.957. The van der Waals surface area contributed by atoms with Crippen molar-refractivity contribution in [1.82, 2.24) is 0 Å². The molecule has 0 radical (unpaired) electrons. The van der Waals surface area contributed by atoms with Gasteiger partial charge in [-0.2, -0.15) is 0 Å². The molecule has 11 heavy (non-hydrogen) atoms. The monoisotopic (exact) mass is 184 g/mol. The number of rotatable bonds is 2. The van der Waals surface area contributed by atoms with Crippen LogP contribution in [0.4, 0.5) is 0 Å². The van der Waals surface area contributed by atoms with Gasteiger partial charge < -0.3 is 4.74 Å². The van der Waals surface area contributed by atoms with E-state index in [0.29, 0.717) is 0 Å². The highest BCUT2D eigenvalue weighted by molar-refractivity contribution is 7.27. The topological polar surface area (TPSA) is 9.23 Å². The lowest BCUT2D eigenvalue weighted by Crippen LogP contribution is -1.86. The van der Waals surface area contributed by atoms with Gasteiger partial charge in [0.1, 0.15) is 0 Å². The number of thiophene rings is 2. The fourth-order valence-corrected chi connectivity index (χ4v) is 2.96. The minimum Gasteiger partial charge on any atom is -0.484 e. The Hall–Kier alpha value is -0.540. The Morgan fingerprint density at radius 3 is 3.09 bits per heavy atom. The summed E-state index contributed by atoms with van der Waals surface area (Å²) in [5.41, 5.74) is 0. The third kappa shape index (κ3) is 1.26. The maximum Gasteiger partial charge on any atom is 0.175 e. The van der Waals surface area contributed by atoms with E-state index < -0.39 is 0 Å². The molecule has 2 rings (SSSR count). The van der Waals surface area contributed by atoms with Crippen LogP contribution in [-0.4, -0.2) is 6.61 Å². The molecular formula is C8H8OS2. The van der Waals surface area contributed by atoms with Crippen molar-refractivity contribution in [1.29, 1.82) is 0 Å². The molecule has 0 aliphatic rings. The van der Waals surface area contributed by atoms with E-state index >= 15 is 0 Å². The summed E-state index contributed by atoms with van der Waals surface area (Å²) in [6.07, 6.45) is 0. The van der Waals surface area contributed by atoms with E-state index in [1.54, 1.807) is 22.7 Å². The molecule has 2 aromatic heterocycles. The Morgan fingerprint density at radius 1 is 1.45 bits per heavy atom. The van der Waals surface area contributed by atoms with Gasteiger partial charge in [0.05, 0.1) is 6.61 Å². The molecule has 0 N–H and O–H groups in total. The average Bonchev–Trinajstić information content (AvgIpc) is 2.46. The molecule has 58 valence electrons. The van der Waals surface area contributed by atoms with E-state index in [2.05, 4.69) is 17.5 Å². The molecule has 0 saturated heterocycles. The molecule has 0 saturated carbocycles. The summed E-state index contributed by atoms with van der Waals surface area (Å²) < 4.78 is 8.04. The van der Waals surface area contributed by atoms with Gasteiger partial charge >= 0.3 is 0 Å². The summed E-state index contributed by atoms with van der Waals surface area (Å²) in [4.78, 5) is 0. The van der Waals surface area contributed by atoms with Crippen LogP contribution < -0.4 is 4.74 Å². The SMILES string of the molecule is CCOc1cc2sccc2s1. The van der Waals surface area contributed by atoms with Crippen LogP contribution in [0.5, 0.6) is 5.06 Å². The van der Waals surface area contributed by atoms with Crippen LogP contribution in [0.1, 0.15) is 6.92 Å². The van der Waals surface area contributed by atoms with Crippen LogP contribution in [0.3, 0.4) is 0 Å². The molecule has 0 amide bonds. The number of fused-ring (bicyclic) bond motifs is 1. The molecule has 0 aromatic carbocycles. The molecule has 0 aliphatic carbocycles. The molecule has 0 spiro atoms. The first-order valence-corrected chi connectivity index (χ1v) is 5.19. The quantitative estimate of drug-likeness (QED) is 0.695. The maximum absolute atomic E-state index is 5.37. The van der Waals surface area contributed by atoms with E-state index in [1.807, 2.05) is 6.92 Å². The van der Waals surface area contributed by atoms with Crippen molar-refractivity contribution in [3.05, 3.63) is 17.5 Å². The van der Waals surface area contributed by atoms with Gasteiger partial charge in [-0.3, -0.25) is 0 Å². The number of hydrogen-bond acceptors (Lipinski definition) is 3. The minimum atomic E-state index is 0.758. The van der Waals surface area contributed by atoms with Crippen molar-refractivity contribution >= 4 is 32.1 Å². The molecule has 3 heteroatoms. The van der Waals surface area contributed by atoms with Gasteiger partial charge in [0.15, 0.2) is 5.06 Å². The first kappa shape index (κ1) is 7.13. The van der Waals surface area contributed by atoms with Crippen molar-refractivity contribution in [3.8, 4) is 5.06 Å². The molecule has 0 unspecified atom stereocenters. The Kier molecular flexibility index (Phi) is 1.84. The van der Waals surface area contributed by atoms with Gasteiger partial charge in [-0.05, 0) is 18.4 Å². The van der Waals surface area contributed by atoms with E-state index in [-0.39, 0.29) is 0 Å². The highest BCUT2D eigenvalue weighted by Gasteiger charge is 2.01. The van der Waals surface area contributed by atoms with Gasteiger partial charge in [0.2, 0.25) is 0 Å². The lowest BCUT2D eigenvalue weighted by Gasteiger charge is -1.94. The number of hydrogen-bond donors (Lipinski definition) is 0. The van der Waals surface area contributed by atoms with Crippen molar-refractivity contribution in [3.63, 3.8) is 0 Å². The molecular weight excluding hydrogens is 176 g/mol. The second kappa shape index (κ2) is 2.83. The Balaban J connectivity index is 2.42. The van der Waals surface area contributed by atoms with E-state index in [9.17, 15) is 0 Å². The lowest BCUT2D eigenvalue weighted by atomic mass is 10.5. The second-order valence-electron chi connectivity index (χ2n) is 2.15. The van der Waals surface area contributed by atoms with Gasteiger partial charge in [0, 0.05) is 15.5 Å². The summed E-state index contributed by atoms with van der Waals surface area (Å²) in [6.45, 7) is 2.77. The fraction of sp³-hybridized carbons (Fsp3) is 0.250. The smallest absolute Gasteiger partial charge is 0.175 e. The predicted molar refractivity (Wildman–Crippen MR) is 50.9 cm³/mol. The first-order valence-electron chi connectivity index (χ1n) is 3.50. The normalized spacial score (nSPS) is 10.6.